The number of hydrogen-bond donors (Lipinski definition) is 3. The van der Waals surface area contributed by atoms with Crippen LogP contribution in [0.5, 0.6) is 0 Å². The highest BCUT2D eigenvalue weighted by Gasteiger charge is 2.39. The van der Waals surface area contributed by atoms with Gasteiger partial charge in [0.2, 0.25) is 17.7 Å². The first-order valence-corrected chi connectivity index (χ1v) is 24.4. The average Bonchev–Trinajstić information content (AvgIpc) is 3.86. The lowest BCUT2D eigenvalue weighted by Gasteiger charge is -2.36. The molecule has 0 saturated heterocycles. The molecular formula is C54H54N6O5S2. The first-order chi connectivity index (χ1) is 32.8. The van der Waals surface area contributed by atoms with Crippen molar-refractivity contribution in [2.24, 2.45) is 0 Å². The Labute approximate surface area is 400 Å². The van der Waals surface area contributed by atoms with Gasteiger partial charge in [-0.15, -0.1) is 23.5 Å². The summed E-state index contributed by atoms with van der Waals surface area (Å²) in [7, 11) is 0. The van der Waals surface area contributed by atoms with E-state index in [4.69, 9.17) is 0 Å². The summed E-state index contributed by atoms with van der Waals surface area (Å²) < 4.78 is 0.0701. The summed E-state index contributed by atoms with van der Waals surface area (Å²) in [5, 5.41) is 20.1. The summed E-state index contributed by atoms with van der Waals surface area (Å²) >= 11 is 3.05. The van der Waals surface area contributed by atoms with Crippen molar-refractivity contribution in [2.75, 3.05) is 24.6 Å². The van der Waals surface area contributed by atoms with Gasteiger partial charge in [0, 0.05) is 12.3 Å². The fraction of sp³-hybridized carbons (Fsp3) is 0.222. The maximum atomic E-state index is 14.2. The number of carbonyl (C=O) groups is 3. The summed E-state index contributed by atoms with van der Waals surface area (Å²) in [6, 6.07) is 59.8. The van der Waals surface area contributed by atoms with Crippen molar-refractivity contribution in [3.05, 3.63) is 238 Å². The van der Waals surface area contributed by atoms with Gasteiger partial charge in [-0.2, -0.15) is 0 Å². The number of carbonyl (C=O) groups excluding carboxylic acids is 3. The van der Waals surface area contributed by atoms with Gasteiger partial charge in [0.05, 0.1) is 28.3 Å². The summed E-state index contributed by atoms with van der Waals surface area (Å²) in [5.41, 5.74) is 6.12. The van der Waals surface area contributed by atoms with Crippen LogP contribution in [0.4, 0.5) is 5.95 Å². The third-order valence-corrected chi connectivity index (χ3v) is 14.7. The van der Waals surface area contributed by atoms with Crippen LogP contribution in [0.2, 0.25) is 0 Å². The molecule has 0 aliphatic rings. The summed E-state index contributed by atoms with van der Waals surface area (Å²) in [6.45, 7) is 0.532. The second-order valence-electron chi connectivity index (χ2n) is 15.9. The molecule has 1 unspecified atom stereocenters. The fourth-order valence-corrected chi connectivity index (χ4v) is 11.2. The minimum atomic E-state index is -0.956. The minimum absolute atomic E-state index is 0.0543. The van der Waals surface area contributed by atoms with Gasteiger partial charge in [-0.25, -0.2) is 4.57 Å². The minimum Gasteiger partial charge on any atom is -0.390 e. The van der Waals surface area contributed by atoms with Crippen molar-refractivity contribution < 1.29 is 19.3 Å². The summed E-state index contributed by atoms with van der Waals surface area (Å²) in [5.74, 6) is -1.06. The van der Waals surface area contributed by atoms with Gasteiger partial charge < -0.3 is 26.1 Å². The number of rotatable bonds is 24. The maximum Gasteiger partial charge on any atom is 0.434 e. The standard InChI is InChI=1S/C54H54N6O5S2/c61-49(39-57-50(62)41-67-54(45-29-15-6-16-30-45,46-31-17-7-18-32-46)47-33-19-8-20-34-47)58-48(51(63)55-35-21-1-2-22-37-59-38-36-56-52(59)60(64)65)40-66-53(42-23-9-3-10-24-42,43-25-11-4-12-26-43)44-27-13-5-14-28-44/h3-20,23-34,36,38,48H,1-2,21-22,35,37,39-41H2,(H,55,63)(H,57,62)(H,58,61). The quantitative estimate of drug-likeness (QED) is 0.0235. The number of benzene rings is 6. The van der Waals surface area contributed by atoms with Crippen molar-refractivity contribution in [1.29, 1.82) is 0 Å². The highest BCUT2D eigenvalue weighted by molar-refractivity contribution is 8.01. The van der Waals surface area contributed by atoms with E-state index in [0.29, 0.717) is 19.5 Å². The molecular weight excluding hydrogens is 877 g/mol. The van der Waals surface area contributed by atoms with Crippen molar-refractivity contribution in [2.45, 2.75) is 47.8 Å². The second kappa shape index (κ2) is 24.0. The molecule has 0 radical (unpaired) electrons. The van der Waals surface area contributed by atoms with Crippen molar-refractivity contribution in [3.63, 3.8) is 0 Å². The average molecular weight is 931 g/mol. The molecule has 3 N–H and O–H groups in total. The molecule has 0 saturated carbocycles. The fourth-order valence-electron chi connectivity index (χ4n) is 8.32. The zero-order chi connectivity index (χ0) is 46.7. The molecule has 0 aliphatic carbocycles. The van der Waals surface area contributed by atoms with Gasteiger partial charge in [0.25, 0.3) is 0 Å². The van der Waals surface area contributed by atoms with Gasteiger partial charge in [-0.1, -0.05) is 200 Å². The van der Waals surface area contributed by atoms with Gasteiger partial charge in [-0.3, -0.25) is 14.4 Å². The Bertz CT molecular complexity index is 2450. The predicted molar refractivity (Wildman–Crippen MR) is 269 cm³/mol. The van der Waals surface area contributed by atoms with Crippen LogP contribution in [-0.2, 0) is 30.4 Å². The van der Waals surface area contributed by atoms with Crippen LogP contribution in [0.15, 0.2) is 194 Å². The monoisotopic (exact) mass is 930 g/mol. The third kappa shape index (κ3) is 12.1. The molecule has 67 heavy (non-hydrogen) atoms. The lowest BCUT2D eigenvalue weighted by Crippen LogP contribution is -2.51. The van der Waals surface area contributed by atoms with E-state index in [-0.39, 0.29) is 35.8 Å². The lowest BCUT2D eigenvalue weighted by atomic mass is 9.84. The van der Waals surface area contributed by atoms with Gasteiger partial charge in [-0.05, 0) is 51.1 Å². The van der Waals surface area contributed by atoms with Crippen LogP contribution >= 0.6 is 23.5 Å². The summed E-state index contributed by atoms with van der Waals surface area (Å²) in [6.07, 6.45) is 6.02. The van der Waals surface area contributed by atoms with Crippen LogP contribution in [-0.4, -0.2) is 62.8 Å². The molecule has 7 aromatic rings. The van der Waals surface area contributed by atoms with Crippen molar-refractivity contribution >= 4 is 47.2 Å². The number of nitrogens with one attached hydrogen (secondary N) is 3. The van der Waals surface area contributed by atoms with Crippen LogP contribution in [0.1, 0.15) is 59.1 Å². The number of aryl methyl sites for hydroxylation is 1. The second-order valence-corrected chi connectivity index (χ2v) is 18.4. The predicted octanol–water partition coefficient (Wildman–Crippen LogP) is 9.52. The normalized spacial score (nSPS) is 11.9. The number of nitrogens with zero attached hydrogens (tertiary/aromatic N) is 3. The highest BCUT2D eigenvalue weighted by atomic mass is 32.2. The van der Waals surface area contributed by atoms with E-state index in [2.05, 4.69) is 93.7 Å². The molecule has 7 rings (SSSR count). The zero-order valence-electron chi connectivity index (χ0n) is 37.1. The smallest absolute Gasteiger partial charge is 0.390 e. The Balaban J connectivity index is 1.06. The molecule has 1 atom stereocenters. The molecule has 1 heterocycles. The zero-order valence-corrected chi connectivity index (χ0v) is 38.7. The number of imidazole rings is 1. The number of aromatic nitrogens is 2. The molecule has 11 nitrogen and oxygen atoms in total. The van der Waals surface area contributed by atoms with E-state index >= 15 is 0 Å². The molecule has 0 fully saturated rings. The van der Waals surface area contributed by atoms with E-state index in [9.17, 15) is 24.5 Å². The Morgan fingerprint density at radius 2 is 0.985 bits per heavy atom. The van der Waals surface area contributed by atoms with Crippen molar-refractivity contribution in [1.82, 2.24) is 25.5 Å². The lowest BCUT2D eigenvalue weighted by molar-refractivity contribution is -0.396. The maximum absolute atomic E-state index is 14.2. The van der Waals surface area contributed by atoms with Gasteiger partial charge in [0.15, 0.2) is 0 Å². The Hall–Kier alpha value is -6.96. The first kappa shape index (κ1) is 48.0. The van der Waals surface area contributed by atoms with Crippen molar-refractivity contribution in [3.8, 4) is 0 Å². The largest absolute Gasteiger partial charge is 0.434 e. The van der Waals surface area contributed by atoms with E-state index in [1.54, 1.807) is 18.0 Å². The Morgan fingerprint density at radius 3 is 1.42 bits per heavy atom. The van der Waals surface area contributed by atoms with Crippen LogP contribution in [0.25, 0.3) is 0 Å². The van der Waals surface area contributed by atoms with E-state index in [0.717, 1.165) is 52.6 Å². The molecule has 342 valence electrons. The first-order valence-electron chi connectivity index (χ1n) is 22.4. The third-order valence-electron chi connectivity index (χ3n) is 11.5. The molecule has 1 aromatic heterocycles. The highest BCUT2D eigenvalue weighted by Crippen LogP contribution is 2.49. The van der Waals surface area contributed by atoms with E-state index < -0.39 is 26.4 Å². The van der Waals surface area contributed by atoms with E-state index in [1.807, 2.05) is 109 Å². The number of hydrogen-bond acceptors (Lipinski definition) is 8. The number of nitro groups is 1. The number of amides is 3. The van der Waals surface area contributed by atoms with Crippen LogP contribution in [0, 0.1) is 10.1 Å². The molecule has 0 spiro atoms. The topological polar surface area (TPSA) is 148 Å². The molecule has 3 amide bonds. The van der Waals surface area contributed by atoms with Gasteiger partial charge in [0.1, 0.15) is 18.4 Å². The van der Waals surface area contributed by atoms with Gasteiger partial charge >= 0.3 is 5.95 Å². The number of thioether (sulfide) groups is 2. The van der Waals surface area contributed by atoms with Crippen LogP contribution in [0.3, 0.4) is 0 Å². The Morgan fingerprint density at radius 1 is 0.567 bits per heavy atom. The Kier molecular flexibility index (Phi) is 17.2. The van der Waals surface area contributed by atoms with E-state index in [1.165, 1.54) is 22.5 Å². The molecule has 13 heteroatoms. The number of unbranched alkanes of at least 4 members (excludes halogenated alkanes) is 3. The summed E-state index contributed by atoms with van der Waals surface area (Å²) in [4.78, 5) is 56.5. The SMILES string of the molecule is O=C(CSC(c1ccccc1)(c1ccccc1)c1ccccc1)NCC(=O)NC(CSC(c1ccccc1)(c1ccccc1)c1ccccc1)C(=O)NCCCCCCn1ccnc1[N+](=O)[O-]. The molecule has 0 bridgehead atoms. The molecule has 6 aromatic carbocycles. The molecule has 0 aliphatic heterocycles. The van der Waals surface area contributed by atoms with Crippen LogP contribution < -0.4 is 16.0 Å².